The number of nitrogens with zero attached hydrogens (tertiary/aromatic N) is 1. The maximum absolute atomic E-state index is 13.8. The molecule has 0 aromatic heterocycles. The molecule has 2 heterocycles. The van der Waals surface area contributed by atoms with Gasteiger partial charge in [-0.3, -0.25) is 4.79 Å². The average molecular weight is 496 g/mol. The number of anilines is 3. The van der Waals surface area contributed by atoms with Crippen LogP contribution in [-0.4, -0.2) is 12.9 Å². The number of benzene rings is 5. The third-order valence-corrected chi connectivity index (χ3v) is 9.07. The molecular weight excluding hydrogens is 474 g/mol. The molecule has 0 fully saturated rings. The van der Waals surface area contributed by atoms with Crippen LogP contribution < -0.4 is 9.64 Å². The van der Waals surface area contributed by atoms with Crippen LogP contribution in [0.2, 0.25) is 0 Å². The van der Waals surface area contributed by atoms with E-state index in [1.807, 2.05) is 30.3 Å². The predicted molar refractivity (Wildman–Crippen MR) is 147 cm³/mol. The number of carbonyl (C=O) groups is 1. The monoisotopic (exact) mass is 495 g/mol. The van der Waals surface area contributed by atoms with Crippen LogP contribution in [0.1, 0.15) is 38.2 Å². The molecule has 0 saturated carbocycles. The summed E-state index contributed by atoms with van der Waals surface area (Å²) in [5, 5.41) is 0. The van der Waals surface area contributed by atoms with Gasteiger partial charge in [-0.2, -0.15) is 0 Å². The second kappa shape index (κ2) is 7.37. The average Bonchev–Trinajstić information content (AvgIpc) is 2.96. The quantitative estimate of drug-likeness (QED) is 0.232. The lowest BCUT2D eigenvalue weighted by Crippen LogP contribution is -2.42. The zero-order valence-corrected chi connectivity index (χ0v) is 20.9. The summed E-state index contributed by atoms with van der Waals surface area (Å²) in [6, 6.07) is 37.8. The third kappa shape index (κ3) is 2.51. The summed E-state index contributed by atoms with van der Waals surface area (Å²) in [5.74, 6) is 0.887. The first-order valence-electron chi connectivity index (χ1n) is 12.4. The Bertz CT molecular complexity index is 1740. The molecule has 1 aliphatic carbocycles. The number of para-hydroxylation sites is 2. The van der Waals surface area contributed by atoms with E-state index in [1.54, 1.807) is 18.9 Å². The van der Waals surface area contributed by atoms with Gasteiger partial charge >= 0.3 is 0 Å². The highest BCUT2D eigenvalue weighted by atomic mass is 32.2. The molecule has 0 N–H and O–H groups in total. The Morgan fingerprint density at radius 2 is 1.30 bits per heavy atom. The van der Waals surface area contributed by atoms with Crippen molar-refractivity contribution in [2.24, 2.45) is 0 Å². The van der Waals surface area contributed by atoms with Gasteiger partial charge < -0.3 is 9.64 Å². The fraction of sp³-hybridized carbons (Fsp3) is 0.0606. The van der Waals surface area contributed by atoms with E-state index in [0.29, 0.717) is 0 Å². The van der Waals surface area contributed by atoms with E-state index in [1.165, 1.54) is 21.0 Å². The van der Waals surface area contributed by atoms with Gasteiger partial charge in [-0.25, -0.2) is 0 Å². The predicted octanol–water partition coefficient (Wildman–Crippen LogP) is 7.87. The van der Waals surface area contributed by atoms with Gasteiger partial charge in [0.2, 0.25) is 0 Å². The van der Waals surface area contributed by atoms with Crippen LogP contribution in [0.4, 0.5) is 17.1 Å². The molecule has 1 spiro atoms. The van der Waals surface area contributed by atoms with Crippen LogP contribution in [0.15, 0.2) is 119 Å². The highest BCUT2D eigenvalue weighted by Gasteiger charge is 2.52. The lowest BCUT2D eigenvalue weighted by Gasteiger charge is -2.50. The first-order chi connectivity index (χ1) is 18.2. The Morgan fingerprint density at radius 1 is 0.649 bits per heavy atom. The molecule has 4 heteroatoms. The molecule has 5 aromatic carbocycles. The van der Waals surface area contributed by atoms with Gasteiger partial charge in [-0.1, -0.05) is 90.6 Å². The molecule has 0 amide bonds. The largest absolute Gasteiger partial charge is 0.497 e. The Hall–Kier alpha value is -4.28. The molecule has 3 nitrogen and oxygen atoms in total. The molecule has 3 aliphatic rings. The maximum atomic E-state index is 13.8. The van der Waals surface area contributed by atoms with Gasteiger partial charge in [0.15, 0.2) is 5.78 Å². The molecule has 2 aliphatic heterocycles. The molecule has 5 aromatic rings. The number of rotatable bonds is 1. The van der Waals surface area contributed by atoms with Gasteiger partial charge in [-0.05, 0) is 46.5 Å². The first kappa shape index (κ1) is 20.9. The Labute approximate surface area is 219 Å². The minimum atomic E-state index is -0.641. The van der Waals surface area contributed by atoms with Gasteiger partial charge in [0, 0.05) is 27.0 Å². The van der Waals surface area contributed by atoms with E-state index in [0.717, 1.165) is 44.9 Å². The number of carbonyl (C=O) groups excluding carboxylic acids is 1. The van der Waals surface area contributed by atoms with Crippen molar-refractivity contribution < 1.29 is 9.53 Å². The molecule has 0 saturated heterocycles. The first-order valence-corrected chi connectivity index (χ1v) is 13.2. The van der Waals surface area contributed by atoms with Crippen molar-refractivity contribution in [1.82, 2.24) is 0 Å². The number of hydrogen-bond acceptors (Lipinski definition) is 4. The van der Waals surface area contributed by atoms with E-state index in [9.17, 15) is 4.79 Å². The number of hydrogen-bond donors (Lipinski definition) is 0. The number of methoxy groups -OCH3 is 1. The summed E-state index contributed by atoms with van der Waals surface area (Å²) in [5.41, 5.74) is 8.68. The van der Waals surface area contributed by atoms with E-state index in [2.05, 4.69) is 83.8 Å². The second-order valence-corrected chi connectivity index (χ2v) is 10.7. The molecule has 0 radical (unpaired) electrons. The summed E-state index contributed by atoms with van der Waals surface area (Å²) >= 11 is 1.80. The van der Waals surface area contributed by atoms with E-state index in [4.69, 9.17) is 4.74 Å². The summed E-state index contributed by atoms with van der Waals surface area (Å²) < 4.78 is 5.74. The van der Waals surface area contributed by atoms with Crippen molar-refractivity contribution in [2.75, 3.05) is 12.0 Å². The zero-order chi connectivity index (χ0) is 24.7. The van der Waals surface area contributed by atoms with Crippen molar-refractivity contribution in [1.29, 1.82) is 0 Å². The molecule has 0 unspecified atom stereocenters. The standard InChI is InChI=1S/C33H21NO2S/c1-36-20-17-18-25-28(19-20)34-27-14-6-7-15-29(27)37-30-16-8-13-26(31(30)34)33(25)23-11-4-2-9-21(23)32(35)22-10-3-5-12-24(22)33/h2-19H,1H3. The van der Waals surface area contributed by atoms with Crippen LogP contribution >= 0.6 is 11.8 Å². The summed E-state index contributed by atoms with van der Waals surface area (Å²) in [6.07, 6.45) is 0. The normalized spacial score (nSPS) is 15.3. The van der Waals surface area contributed by atoms with E-state index in [-0.39, 0.29) is 5.78 Å². The molecule has 0 bridgehead atoms. The van der Waals surface area contributed by atoms with Crippen molar-refractivity contribution in [3.05, 3.63) is 143 Å². The van der Waals surface area contributed by atoms with Gasteiger partial charge in [0.05, 0.1) is 29.6 Å². The minimum Gasteiger partial charge on any atom is -0.497 e. The van der Waals surface area contributed by atoms with Crippen molar-refractivity contribution in [3.8, 4) is 5.75 Å². The van der Waals surface area contributed by atoms with Crippen LogP contribution in [0.25, 0.3) is 0 Å². The fourth-order valence-corrected chi connectivity index (χ4v) is 7.62. The Morgan fingerprint density at radius 3 is 2.05 bits per heavy atom. The number of ketones is 1. The lowest BCUT2D eigenvalue weighted by molar-refractivity contribution is 0.103. The van der Waals surface area contributed by atoms with Gasteiger partial charge in [0.1, 0.15) is 5.75 Å². The van der Waals surface area contributed by atoms with Crippen molar-refractivity contribution >= 4 is 34.6 Å². The highest BCUT2D eigenvalue weighted by molar-refractivity contribution is 7.99. The molecule has 176 valence electrons. The van der Waals surface area contributed by atoms with Crippen LogP contribution in [0.5, 0.6) is 5.75 Å². The highest BCUT2D eigenvalue weighted by Crippen LogP contribution is 2.64. The van der Waals surface area contributed by atoms with Crippen LogP contribution in [-0.2, 0) is 5.41 Å². The molecule has 37 heavy (non-hydrogen) atoms. The van der Waals surface area contributed by atoms with Gasteiger partial charge in [-0.15, -0.1) is 0 Å². The summed E-state index contributed by atoms with van der Waals surface area (Å²) in [7, 11) is 1.71. The maximum Gasteiger partial charge on any atom is 0.193 e. The smallest absolute Gasteiger partial charge is 0.193 e. The fourth-order valence-electron chi connectivity index (χ4n) is 6.53. The number of fused-ring (bicyclic) bond motifs is 10. The zero-order valence-electron chi connectivity index (χ0n) is 20.1. The SMILES string of the molecule is COc1ccc2c(c1)N1c3ccccc3Sc3cccc(c31)C21c2ccccc2C(=O)c2ccccc21. The van der Waals surface area contributed by atoms with Crippen LogP contribution in [0, 0.1) is 0 Å². The second-order valence-electron chi connectivity index (χ2n) is 9.61. The van der Waals surface area contributed by atoms with Crippen molar-refractivity contribution in [3.63, 3.8) is 0 Å². The minimum absolute atomic E-state index is 0.0823. The topological polar surface area (TPSA) is 29.5 Å². The Kier molecular flexibility index (Phi) is 4.16. The van der Waals surface area contributed by atoms with E-state index >= 15 is 0 Å². The molecule has 8 rings (SSSR count). The van der Waals surface area contributed by atoms with Gasteiger partial charge in [0.25, 0.3) is 0 Å². The lowest BCUT2D eigenvalue weighted by atomic mass is 9.57. The molecular formula is C33H21NO2S. The molecule has 0 atom stereocenters. The summed E-state index contributed by atoms with van der Waals surface area (Å²) in [4.78, 5) is 18.6. The Balaban J connectivity index is 1.60. The number of ether oxygens (including phenoxy) is 1. The summed E-state index contributed by atoms with van der Waals surface area (Å²) in [6.45, 7) is 0. The third-order valence-electron chi connectivity index (χ3n) is 7.95. The van der Waals surface area contributed by atoms with Crippen LogP contribution in [0.3, 0.4) is 0 Å². The van der Waals surface area contributed by atoms with Crippen molar-refractivity contribution in [2.45, 2.75) is 15.2 Å². The van der Waals surface area contributed by atoms with E-state index < -0.39 is 5.41 Å².